The second kappa shape index (κ2) is 6.49. The monoisotopic (exact) mass is 300 g/mol. The van der Waals surface area contributed by atoms with Crippen molar-refractivity contribution in [1.29, 1.82) is 0 Å². The SMILES string of the molecule is CC1CN(Cc2ccc([N+](=O)[O-])cc2Cl)CC(CO)O1. The molecule has 7 heteroatoms. The number of aliphatic hydroxyl groups excluding tert-OH is 1. The van der Waals surface area contributed by atoms with E-state index in [9.17, 15) is 15.2 Å². The van der Waals surface area contributed by atoms with Gasteiger partial charge in [-0.1, -0.05) is 11.6 Å². The fourth-order valence-electron chi connectivity index (χ4n) is 2.39. The molecule has 0 saturated carbocycles. The van der Waals surface area contributed by atoms with Crippen LogP contribution in [0.4, 0.5) is 5.69 Å². The average molecular weight is 301 g/mol. The molecule has 0 aromatic heterocycles. The van der Waals surface area contributed by atoms with Crippen LogP contribution < -0.4 is 0 Å². The van der Waals surface area contributed by atoms with Crippen LogP contribution in [-0.2, 0) is 11.3 Å². The summed E-state index contributed by atoms with van der Waals surface area (Å²) in [7, 11) is 0. The van der Waals surface area contributed by atoms with Crippen LogP contribution in [0.1, 0.15) is 12.5 Å². The number of morpholine rings is 1. The highest BCUT2D eigenvalue weighted by molar-refractivity contribution is 6.31. The van der Waals surface area contributed by atoms with Crippen molar-refractivity contribution in [1.82, 2.24) is 4.90 Å². The lowest BCUT2D eigenvalue weighted by molar-refractivity contribution is -0.384. The van der Waals surface area contributed by atoms with Gasteiger partial charge in [0.1, 0.15) is 0 Å². The maximum Gasteiger partial charge on any atom is 0.270 e. The Hall–Kier alpha value is -1.21. The minimum absolute atomic E-state index is 0.0117. The first-order valence-electron chi connectivity index (χ1n) is 6.41. The maximum atomic E-state index is 10.7. The fourth-order valence-corrected chi connectivity index (χ4v) is 2.62. The van der Waals surface area contributed by atoms with E-state index in [2.05, 4.69) is 4.90 Å². The molecule has 0 radical (unpaired) electrons. The molecule has 1 saturated heterocycles. The molecule has 1 fully saturated rings. The number of rotatable bonds is 4. The second-order valence-corrected chi connectivity index (χ2v) is 5.39. The summed E-state index contributed by atoms with van der Waals surface area (Å²) in [5, 5.41) is 20.3. The molecular weight excluding hydrogens is 284 g/mol. The molecule has 2 rings (SSSR count). The summed E-state index contributed by atoms with van der Waals surface area (Å²) in [4.78, 5) is 12.3. The Bertz CT molecular complexity index is 497. The first-order valence-corrected chi connectivity index (χ1v) is 6.79. The van der Waals surface area contributed by atoms with Crippen LogP contribution in [-0.4, -0.2) is 46.8 Å². The number of benzene rings is 1. The van der Waals surface area contributed by atoms with Gasteiger partial charge in [-0.25, -0.2) is 0 Å². The summed E-state index contributed by atoms with van der Waals surface area (Å²) in [5.74, 6) is 0. The lowest BCUT2D eigenvalue weighted by atomic mass is 10.1. The van der Waals surface area contributed by atoms with Crippen LogP contribution in [0, 0.1) is 10.1 Å². The molecule has 1 aromatic rings. The number of aliphatic hydroxyl groups is 1. The standard InChI is InChI=1S/C13H17ClN2O4/c1-9-5-15(7-12(8-17)20-9)6-10-2-3-11(16(18)19)4-13(10)14/h2-4,9,12,17H,5-8H2,1H3. The van der Waals surface area contributed by atoms with E-state index < -0.39 is 4.92 Å². The van der Waals surface area contributed by atoms with E-state index in [-0.39, 0.29) is 24.5 Å². The summed E-state index contributed by atoms with van der Waals surface area (Å²) in [6.07, 6.45) is -0.159. The van der Waals surface area contributed by atoms with Crippen LogP contribution in [0.5, 0.6) is 0 Å². The quantitative estimate of drug-likeness (QED) is 0.678. The van der Waals surface area contributed by atoms with Crippen LogP contribution >= 0.6 is 11.6 Å². The Labute approximate surface area is 122 Å². The number of nitrogens with zero attached hydrogens (tertiary/aromatic N) is 2. The second-order valence-electron chi connectivity index (χ2n) is 4.98. The van der Waals surface area contributed by atoms with Gasteiger partial charge in [-0.05, 0) is 18.6 Å². The number of halogens is 1. The maximum absolute atomic E-state index is 10.7. The Morgan fingerprint density at radius 3 is 2.90 bits per heavy atom. The first kappa shape index (κ1) is 15.2. The normalized spacial score (nSPS) is 23.8. The molecule has 1 aromatic carbocycles. The van der Waals surface area contributed by atoms with E-state index in [1.54, 1.807) is 6.07 Å². The molecule has 110 valence electrons. The number of non-ortho nitro benzene ring substituents is 1. The highest BCUT2D eigenvalue weighted by atomic mass is 35.5. The zero-order chi connectivity index (χ0) is 14.7. The van der Waals surface area contributed by atoms with Gasteiger partial charge in [0.2, 0.25) is 0 Å². The molecule has 0 aliphatic carbocycles. The van der Waals surface area contributed by atoms with Crippen LogP contribution in [0.25, 0.3) is 0 Å². The van der Waals surface area contributed by atoms with Crippen molar-refractivity contribution in [3.8, 4) is 0 Å². The van der Waals surface area contributed by atoms with Crippen molar-refractivity contribution in [3.05, 3.63) is 38.9 Å². The summed E-state index contributed by atoms with van der Waals surface area (Å²) < 4.78 is 5.57. The highest BCUT2D eigenvalue weighted by Gasteiger charge is 2.25. The number of ether oxygens (including phenoxy) is 1. The first-order chi connectivity index (χ1) is 9.49. The van der Waals surface area contributed by atoms with Gasteiger partial charge in [-0.3, -0.25) is 15.0 Å². The van der Waals surface area contributed by atoms with Crippen LogP contribution in [0.15, 0.2) is 18.2 Å². The van der Waals surface area contributed by atoms with Crippen molar-refractivity contribution in [2.24, 2.45) is 0 Å². The molecule has 1 aliphatic heterocycles. The zero-order valence-corrected chi connectivity index (χ0v) is 11.9. The molecule has 6 nitrogen and oxygen atoms in total. The zero-order valence-electron chi connectivity index (χ0n) is 11.2. The van der Waals surface area contributed by atoms with E-state index in [0.717, 1.165) is 12.1 Å². The van der Waals surface area contributed by atoms with Gasteiger partial charge < -0.3 is 9.84 Å². The lowest BCUT2D eigenvalue weighted by Crippen LogP contribution is -2.47. The highest BCUT2D eigenvalue weighted by Crippen LogP contribution is 2.24. The van der Waals surface area contributed by atoms with E-state index in [4.69, 9.17) is 16.3 Å². The van der Waals surface area contributed by atoms with Crippen molar-refractivity contribution in [2.75, 3.05) is 19.7 Å². The van der Waals surface area contributed by atoms with Gasteiger partial charge >= 0.3 is 0 Å². The van der Waals surface area contributed by atoms with Crippen molar-refractivity contribution in [2.45, 2.75) is 25.7 Å². The van der Waals surface area contributed by atoms with Gasteiger partial charge in [-0.15, -0.1) is 0 Å². The van der Waals surface area contributed by atoms with Gasteiger partial charge in [0, 0.05) is 31.8 Å². The molecule has 0 spiro atoms. The molecule has 1 aliphatic rings. The third-order valence-electron chi connectivity index (χ3n) is 3.25. The van der Waals surface area contributed by atoms with Crippen LogP contribution in [0.3, 0.4) is 0 Å². The fraction of sp³-hybridized carbons (Fsp3) is 0.538. The Balaban J connectivity index is 2.07. The van der Waals surface area contributed by atoms with E-state index >= 15 is 0 Å². The third-order valence-corrected chi connectivity index (χ3v) is 3.60. The van der Waals surface area contributed by atoms with E-state index in [1.807, 2.05) is 6.92 Å². The van der Waals surface area contributed by atoms with Crippen molar-refractivity contribution < 1.29 is 14.8 Å². The molecular formula is C13H17ClN2O4. The van der Waals surface area contributed by atoms with E-state index in [0.29, 0.717) is 18.1 Å². The van der Waals surface area contributed by atoms with E-state index in [1.165, 1.54) is 12.1 Å². The number of nitro groups is 1. The minimum atomic E-state index is -0.464. The van der Waals surface area contributed by atoms with Gasteiger partial charge in [0.05, 0.1) is 28.8 Å². The lowest BCUT2D eigenvalue weighted by Gasteiger charge is -2.36. The van der Waals surface area contributed by atoms with Gasteiger partial charge in [0.15, 0.2) is 0 Å². The number of hydrogen-bond donors (Lipinski definition) is 1. The molecule has 2 unspecified atom stereocenters. The van der Waals surface area contributed by atoms with Crippen molar-refractivity contribution in [3.63, 3.8) is 0 Å². The molecule has 1 N–H and O–H groups in total. The Morgan fingerprint density at radius 2 is 2.30 bits per heavy atom. The summed E-state index contributed by atoms with van der Waals surface area (Å²) in [6, 6.07) is 4.49. The molecule has 20 heavy (non-hydrogen) atoms. The Kier molecular flexibility index (Phi) is 4.93. The predicted molar refractivity (Wildman–Crippen MR) is 74.8 cm³/mol. The minimum Gasteiger partial charge on any atom is -0.394 e. The predicted octanol–water partition coefficient (Wildman–Crippen LogP) is 1.83. The third kappa shape index (κ3) is 3.67. The number of hydrogen-bond acceptors (Lipinski definition) is 5. The van der Waals surface area contributed by atoms with Gasteiger partial charge in [0.25, 0.3) is 5.69 Å². The molecule has 0 amide bonds. The molecule has 2 atom stereocenters. The molecule has 0 bridgehead atoms. The summed E-state index contributed by atoms with van der Waals surface area (Å²) in [5.41, 5.74) is 0.824. The topological polar surface area (TPSA) is 75.8 Å². The van der Waals surface area contributed by atoms with Crippen molar-refractivity contribution >= 4 is 17.3 Å². The Morgan fingerprint density at radius 1 is 1.55 bits per heavy atom. The molecule has 1 heterocycles. The summed E-state index contributed by atoms with van der Waals surface area (Å²) >= 11 is 6.09. The number of nitro benzene ring substituents is 1. The van der Waals surface area contributed by atoms with Crippen LogP contribution in [0.2, 0.25) is 5.02 Å². The van der Waals surface area contributed by atoms with Gasteiger partial charge in [-0.2, -0.15) is 0 Å². The average Bonchev–Trinajstić information content (AvgIpc) is 2.40. The summed E-state index contributed by atoms with van der Waals surface area (Å²) in [6.45, 7) is 3.88. The smallest absolute Gasteiger partial charge is 0.270 e. The largest absolute Gasteiger partial charge is 0.394 e.